The third kappa shape index (κ3) is 45.3. The van der Waals surface area contributed by atoms with Crippen LogP contribution >= 0.6 is 0 Å². The number of ether oxygens (including phenoxy) is 2. The molecule has 372 valence electrons. The van der Waals surface area contributed by atoms with Gasteiger partial charge in [0.25, 0.3) is 0 Å². The maximum absolute atomic E-state index is 13.4. The SMILES string of the molecule is CCCCCCCC/C=C\CCCCCCCC(=O)C(O)(COC(=O)CCCCCCCCCCCCCCCCC)COC(=O)CCCCCCCCCCCCCCCCC. The second-order valence-electron chi connectivity index (χ2n) is 19.5. The summed E-state index contributed by atoms with van der Waals surface area (Å²) in [5, 5.41) is 11.5. The van der Waals surface area contributed by atoms with Gasteiger partial charge in [0.1, 0.15) is 13.2 Å². The molecule has 0 aliphatic rings. The van der Waals surface area contributed by atoms with Gasteiger partial charge >= 0.3 is 11.9 Å². The van der Waals surface area contributed by atoms with Crippen LogP contribution in [0, 0.1) is 0 Å². The zero-order chi connectivity index (χ0) is 46.0. The summed E-state index contributed by atoms with van der Waals surface area (Å²) in [5.74, 6) is -1.21. The van der Waals surface area contributed by atoms with Crippen LogP contribution in [0.4, 0.5) is 0 Å². The van der Waals surface area contributed by atoms with Crippen LogP contribution in [0.5, 0.6) is 0 Å². The highest BCUT2D eigenvalue weighted by atomic mass is 16.6. The van der Waals surface area contributed by atoms with E-state index in [0.29, 0.717) is 6.42 Å². The molecule has 0 aromatic carbocycles. The lowest BCUT2D eigenvalue weighted by Crippen LogP contribution is -2.48. The zero-order valence-corrected chi connectivity index (χ0v) is 42.6. The molecule has 0 atom stereocenters. The van der Waals surface area contributed by atoms with Crippen molar-refractivity contribution < 1.29 is 29.0 Å². The first kappa shape index (κ1) is 61.3. The number of carbonyl (C=O) groups is 3. The lowest BCUT2D eigenvalue weighted by molar-refractivity contribution is -0.169. The van der Waals surface area contributed by atoms with Gasteiger partial charge in [0.05, 0.1) is 0 Å². The molecule has 0 rings (SSSR count). The van der Waals surface area contributed by atoms with Crippen molar-refractivity contribution in [1.29, 1.82) is 0 Å². The monoisotopic (exact) mass is 889 g/mol. The largest absolute Gasteiger partial charge is 0.462 e. The number of aliphatic hydroxyl groups is 1. The minimum absolute atomic E-state index is 0.182. The fourth-order valence-electron chi connectivity index (χ4n) is 8.62. The van der Waals surface area contributed by atoms with Crippen molar-refractivity contribution in [2.75, 3.05) is 13.2 Å². The molecule has 6 heteroatoms. The Bertz CT molecular complexity index is 957. The lowest BCUT2D eigenvalue weighted by Gasteiger charge is -2.26. The number of unbranched alkanes of at least 4 members (excludes halogenated alkanes) is 39. The molecule has 0 aliphatic carbocycles. The van der Waals surface area contributed by atoms with Crippen molar-refractivity contribution in [3.63, 3.8) is 0 Å². The van der Waals surface area contributed by atoms with Gasteiger partial charge in [-0.2, -0.15) is 0 Å². The summed E-state index contributed by atoms with van der Waals surface area (Å²) < 4.78 is 11.0. The Morgan fingerprint density at radius 2 is 0.556 bits per heavy atom. The maximum atomic E-state index is 13.4. The van der Waals surface area contributed by atoms with Crippen LogP contribution in [-0.4, -0.2) is 41.6 Å². The number of rotatable bonds is 52. The number of hydrogen-bond donors (Lipinski definition) is 1. The summed E-state index contributed by atoms with van der Waals surface area (Å²) in [6.45, 7) is 5.88. The van der Waals surface area contributed by atoms with Gasteiger partial charge in [-0.3, -0.25) is 14.4 Å². The van der Waals surface area contributed by atoms with Gasteiger partial charge < -0.3 is 14.6 Å². The van der Waals surface area contributed by atoms with Crippen LogP contribution in [0.15, 0.2) is 12.2 Å². The first-order chi connectivity index (χ1) is 30.9. The number of esters is 2. The van der Waals surface area contributed by atoms with Gasteiger partial charge in [0.15, 0.2) is 11.4 Å². The minimum Gasteiger partial charge on any atom is -0.462 e. The first-order valence-corrected chi connectivity index (χ1v) is 28.1. The first-order valence-electron chi connectivity index (χ1n) is 28.1. The van der Waals surface area contributed by atoms with E-state index in [-0.39, 0.29) is 19.3 Å². The molecular weight excluding hydrogens is 781 g/mol. The van der Waals surface area contributed by atoms with Crippen LogP contribution in [0.25, 0.3) is 0 Å². The highest BCUT2D eigenvalue weighted by Crippen LogP contribution is 2.19. The molecule has 0 spiro atoms. The number of allylic oxidation sites excluding steroid dienone is 2. The molecule has 0 radical (unpaired) electrons. The van der Waals surface area contributed by atoms with E-state index in [1.165, 1.54) is 199 Å². The Morgan fingerprint density at radius 1 is 0.333 bits per heavy atom. The van der Waals surface area contributed by atoms with E-state index in [0.717, 1.165) is 70.6 Å². The fourth-order valence-corrected chi connectivity index (χ4v) is 8.62. The van der Waals surface area contributed by atoms with E-state index in [4.69, 9.17) is 9.47 Å². The summed E-state index contributed by atoms with van der Waals surface area (Å²) in [6.07, 6.45) is 58.3. The molecule has 0 fully saturated rings. The topological polar surface area (TPSA) is 89.9 Å². The van der Waals surface area contributed by atoms with Crippen LogP contribution in [-0.2, 0) is 23.9 Å². The van der Waals surface area contributed by atoms with Crippen molar-refractivity contribution in [3.8, 4) is 0 Å². The third-order valence-electron chi connectivity index (χ3n) is 13.1. The van der Waals surface area contributed by atoms with E-state index in [1.807, 2.05) is 0 Å². The Balaban J connectivity index is 4.46. The third-order valence-corrected chi connectivity index (χ3v) is 13.1. The molecule has 63 heavy (non-hydrogen) atoms. The van der Waals surface area contributed by atoms with Crippen molar-refractivity contribution in [2.24, 2.45) is 0 Å². The molecule has 0 aromatic heterocycles. The predicted molar refractivity (Wildman–Crippen MR) is 270 cm³/mol. The minimum atomic E-state index is -2.00. The number of Topliss-reactive ketones (excluding diaryl/α,β-unsaturated/α-hetero) is 1. The second-order valence-corrected chi connectivity index (χ2v) is 19.5. The van der Waals surface area contributed by atoms with Crippen molar-refractivity contribution in [3.05, 3.63) is 12.2 Å². The summed E-state index contributed by atoms with van der Waals surface area (Å²) >= 11 is 0. The van der Waals surface area contributed by atoms with Gasteiger partial charge in [-0.25, -0.2) is 0 Å². The molecule has 0 amide bonds. The second kappa shape index (κ2) is 49.7. The Hall–Kier alpha value is -1.69. The van der Waals surface area contributed by atoms with Gasteiger partial charge in [0.2, 0.25) is 0 Å². The zero-order valence-electron chi connectivity index (χ0n) is 42.6. The molecule has 0 saturated carbocycles. The van der Waals surface area contributed by atoms with Gasteiger partial charge in [-0.15, -0.1) is 0 Å². The molecule has 1 N–H and O–H groups in total. The Kier molecular flexibility index (Phi) is 48.4. The number of ketones is 1. The smallest absolute Gasteiger partial charge is 0.305 e. The van der Waals surface area contributed by atoms with E-state index in [9.17, 15) is 19.5 Å². The van der Waals surface area contributed by atoms with E-state index in [2.05, 4.69) is 32.9 Å². The van der Waals surface area contributed by atoms with Crippen molar-refractivity contribution >= 4 is 17.7 Å². The molecular formula is C57H108O6. The number of carbonyl (C=O) groups excluding carboxylic acids is 3. The van der Waals surface area contributed by atoms with Crippen LogP contribution in [0.3, 0.4) is 0 Å². The lowest BCUT2D eigenvalue weighted by atomic mass is 9.95. The molecule has 0 bridgehead atoms. The van der Waals surface area contributed by atoms with Crippen molar-refractivity contribution in [2.45, 2.75) is 322 Å². The van der Waals surface area contributed by atoms with E-state index >= 15 is 0 Å². The maximum Gasteiger partial charge on any atom is 0.305 e. The molecule has 0 saturated heterocycles. The van der Waals surface area contributed by atoms with Crippen molar-refractivity contribution in [1.82, 2.24) is 0 Å². The summed E-state index contributed by atoms with van der Waals surface area (Å²) in [4.78, 5) is 38.8. The standard InChI is InChI=1S/C57H108O6/c1-4-7-10-13-16-19-22-25-28-31-34-37-40-43-46-49-54(58)57(61,52-62-55(59)50-47-44-41-38-35-32-29-26-23-20-17-14-11-8-5-2)53-63-56(60)51-48-45-42-39-36-33-30-27-24-21-18-15-12-9-6-3/h25,28,61H,4-24,26-27,29-53H2,1-3H3/b28-25-. The molecule has 0 aromatic rings. The van der Waals surface area contributed by atoms with Gasteiger partial charge in [-0.1, -0.05) is 264 Å². The predicted octanol–water partition coefficient (Wildman–Crippen LogP) is 17.9. The fraction of sp³-hybridized carbons (Fsp3) is 0.912. The average Bonchev–Trinajstić information content (AvgIpc) is 3.28. The molecule has 6 nitrogen and oxygen atoms in total. The van der Waals surface area contributed by atoms with Crippen LogP contribution in [0.2, 0.25) is 0 Å². The summed E-state index contributed by atoms with van der Waals surface area (Å²) in [7, 11) is 0. The van der Waals surface area contributed by atoms with E-state index in [1.54, 1.807) is 0 Å². The highest BCUT2D eigenvalue weighted by Gasteiger charge is 2.38. The Labute approximate surface area is 392 Å². The van der Waals surface area contributed by atoms with Crippen LogP contribution in [0.1, 0.15) is 316 Å². The number of hydrogen-bond acceptors (Lipinski definition) is 6. The quantitative estimate of drug-likeness (QED) is 0.0372. The summed E-state index contributed by atoms with van der Waals surface area (Å²) in [6, 6.07) is 0. The van der Waals surface area contributed by atoms with Gasteiger partial charge in [0, 0.05) is 19.3 Å². The van der Waals surface area contributed by atoms with Gasteiger partial charge in [-0.05, 0) is 44.9 Å². The highest BCUT2D eigenvalue weighted by molar-refractivity contribution is 5.88. The average molecular weight is 889 g/mol. The Morgan fingerprint density at radius 3 is 0.825 bits per heavy atom. The normalized spacial score (nSPS) is 11.8. The summed E-state index contributed by atoms with van der Waals surface area (Å²) in [5.41, 5.74) is -2.00. The molecule has 0 aliphatic heterocycles. The van der Waals surface area contributed by atoms with Crippen LogP contribution < -0.4 is 0 Å². The molecule has 0 heterocycles. The van der Waals surface area contributed by atoms with E-state index < -0.39 is 36.5 Å². The molecule has 0 unspecified atom stereocenters.